The summed E-state index contributed by atoms with van der Waals surface area (Å²) < 4.78 is 24.0. The molecular weight excluding hydrogens is 486 g/mol. The number of hydrogen-bond donors (Lipinski definition) is 2. The molecule has 1 saturated heterocycles. The molecule has 4 aromatic rings. The van der Waals surface area contributed by atoms with E-state index in [9.17, 15) is 8.42 Å². The number of pyridine rings is 2. The van der Waals surface area contributed by atoms with Gasteiger partial charge in [-0.05, 0) is 48.6 Å². The second-order valence-corrected chi connectivity index (χ2v) is 12.1. The lowest BCUT2D eigenvalue weighted by Crippen LogP contribution is -2.53. The first-order chi connectivity index (χ1) is 17.9. The van der Waals surface area contributed by atoms with Crippen molar-refractivity contribution in [3.8, 4) is 11.4 Å². The topological polar surface area (TPSA) is 113 Å². The molecule has 2 N–H and O–H groups in total. The molecule has 0 amide bonds. The SMILES string of the molecule is CS(=O)(=O)C[C@H]1CN(c2nc(-c3ccnc(Nc4ccccc4)c3)nc3cncc(C4CC4)c23)CCN1. The summed E-state index contributed by atoms with van der Waals surface area (Å²) in [5.41, 5.74) is 3.77. The van der Waals surface area contributed by atoms with Gasteiger partial charge in [-0.25, -0.2) is 23.4 Å². The van der Waals surface area contributed by atoms with Crippen LogP contribution in [0.5, 0.6) is 0 Å². The minimum Gasteiger partial charge on any atom is -0.353 e. The van der Waals surface area contributed by atoms with Gasteiger partial charge in [0.25, 0.3) is 0 Å². The molecular formula is C27H29N7O2S. The molecule has 0 bridgehead atoms. The van der Waals surface area contributed by atoms with Crippen LogP contribution in [0, 0.1) is 0 Å². The highest BCUT2D eigenvalue weighted by Crippen LogP contribution is 2.45. The Bertz CT molecular complexity index is 1540. The number of benzene rings is 1. The van der Waals surface area contributed by atoms with E-state index in [0.29, 0.717) is 30.6 Å². The third-order valence-electron chi connectivity index (χ3n) is 6.76. The van der Waals surface area contributed by atoms with E-state index in [2.05, 4.69) is 25.5 Å². The molecule has 1 aromatic carbocycles. The van der Waals surface area contributed by atoms with Gasteiger partial charge in [-0.2, -0.15) is 0 Å². The molecule has 0 radical (unpaired) electrons. The first-order valence-corrected chi connectivity index (χ1v) is 14.6. The molecule has 6 rings (SSSR count). The maximum absolute atomic E-state index is 12.0. The van der Waals surface area contributed by atoms with Crippen LogP contribution in [-0.4, -0.2) is 66.0 Å². The lowest BCUT2D eigenvalue weighted by atomic mass is 10.1. The predicted octanol–water partition coefficient (Wildman–Crippen LogP) is 3.53. The Labute approximate surface area is 216 Å². The first-order valence-electron chi connectivity index (χ1n) is 12.5. The summed E-state index contributed by atoms with van der Waals surface area (Å²) in [6.45, 7) is 1.98. The normalized spacial score (nSPS) is 18.2. The molecule has 2 aliphatic rings. The van der Waals surface area contributed by atoms with Crippen molar-refractivity contribution in [1.29, 1.82) is 0 Å². The number of sulfone groups is 1. The Morgan fingerprint density at radius 2 is 1.95 bits per heavy atom. The highest BCUT2D eigenvalue weighted by Gasteiger charge is 2.31. The van der Waals surface area contributed by atoms with Crippen LogP contribution >= 0.6 is 0 Å². The second-order valence-electron chi connectivity index (χ2n) is 9.88. The van der Waals surface area contributed by atoms with Crippen molar-refractivity contribution < 1.29 is 8.42 Å². The summed E-state index contributed by atoms with van der Waals surface area (Å²) >= 11 is 0. The van der Waals surface area contributed by atoms with Gasteiger partial charge in [0.2, 0.25) is 0 Å². The summed E-state index contributed by atoms with van der Waals surface area (Å²) in [5.74, 6) is 2.71. The van der Waals surface area contributed by atoms with Crippen LogP contribution in [0.15, 0.2) is 61.1 Å². The molecule has 37 heavy (non-hydrogen) atoms. The molecule has 10 heteroatoms. The van der Waals surface area contributed by atoms with Crippen LogP contribution in [0.2, 0.25) is 0 Å². The molecule has 1 aliphatic heterocycles. The number of anilines is 3. The molecule has 190 valence electrons. The molecule has 3 aromatic heterocycles. The van der Waals surface area contributed by atoms with Gasteiger partial charge in [-0.1, -0.05) is 18.2 Å². The number of para-hydroxylation sites is 1. The van der Waals surface area contributed by atoms with Gasteiger partial charge in [-0.3, -0.25) is 4.98 Å². The molecule has 4 heterocycles. The van der Waals surface area contributed by atoms with Crippen molar-refractivity contribution in [2.45, 2.75) is 24.8 Å². The van der Waals surface area contributed by atoms with Crippen LogP contribution in [0.1, 0.15) is 24.3 Å². The number of nitrogens with zero attached hydrogens (tertiary/aromatic N) is 5. The zero-order valence-corrected chi connectivity index (χ0v) is 21.4. The van der Waals surface area contributed by atoms with Crippen molar-refractivity contribution in [3.63, 3.8) is 0 Å². The Kier molecular flexibility index (Phi) is 6.21. The van der Waals surface area contributed by atoms with E-state index in [1.165, 1.54) is 11.8 Å². The average Bonchev–Trinajstić information content (AvgIpc) is 3.73. The van der Waals surface area contributed by atoms with Crippen LogP contribution in [0.4, 0.5) is 17.3 Å². The van der Waals surface area contributed by atoms with E-state index < -0.39 is 9.84 Å². The minimum atomic E-state index is -3.11. The highest BCUT2D eigenvalue weighted by molar-refractivity contribution is 7.90. The van der Waals surface area contributed by atoms with Crippen molar-refractivity contribution in [1.82, 2.24) is 25.3 Å². The van der Waals surface area contributed by atoms with Crippen molar-refractivity contribution >= 4 is 38.1 Å². The standard InChI is InChI=1S/C27H29N7O2S/c1-37(35,36)17-21-16-34(12-11-29-21)27-25-22(18-7-8-18)14-28-15-23(25)32-26(33-27)19-9-10-30-24(13-19)31-20-5-3-2-4-6-20/h2-6,9-10,13-15,18,21,29H,7-8,11-12,16-17H2,1H3,(H,30,31)/t21-/m1/s1. The lowest BCUT2D eigenvalue weighted by molar-refractivity contribution is 0.479. The van der Waals surface area contributed by atoms with Crippen LogP contribution in [0.25, 0.3) is 22.3 Å². The third-order valence-corrected chi connectivity index (χ3v) is 7.77. The maximum Gasteiger partial charge on any atom is 0.162 e. The smallest absolute Gasteiger partial charge is 0.162 e. The number of nitrogens with one attached hydrogen (secondary N) is 2. The predicted molar refractivity (Wildman–Crippen MR) is 146 cm³/mol. The minimum absolute atomic E-state index is 0.0925. The van der Waals surface area contributed by atoms with Crippen molar-refractivity contribution in [2.24, 2.45) is 0 Å². The Balaban J connectivity index is 1.42. The van der Waals surface area contributed by atoms with Gasteiger partial charge >= 0.3 is 0 Å². The largest absolute Gasteiger partial charge is 0.353 e. The van der Waals surface area contributed by atoms with Gasteiger partial charge in [0, 0.05) is 61.0 Å². The Hall–Kier alpha value is -3.63. The van der Waals surface area contributed by atoms with Gasteiger partial charge in [0.15, 0.2) is 5.82 Å². The van der Waals surface area contributed by atoms with Crippen molar-refractivity contribution in [2.75, 3.05) is 41.9 Å². The molecule has 0 unspecified atom stereocenters. The van der Waals surface area contributed by atoms with Crippen LogP contribution < -0.4 is 15.5 Å². The summed E-state index contributed by atoms with van der Waals surface area (Å²) in [5, 5.41) is 7.72. The summed E-state index contributed by atoms with van der Waals surface area (Å²) in [4.78, 5) is 21.2. The third kappa shape index (κ3) is 5.40. The first kappa shape index (κ1) is 23.7. The van der Waals surface area contributed by atoms with E-state index in [0.717, 1.165) is 47.4 Å². The lowest BCUT2D eigenvalue weighted by Gasteiger charge is -2.35. The zero-order valence-electron chi connectivity index (χ0n) is 20.6. The molecule has 1 saturated carbocycles. The van der Waals surface area contributed by atoms with Gasteiger partial charge in [-0.15, -0.1) is 0 Å². The fourth-order valence-corrected chi connectivity index (χ4v) is 5.91. The summed E-state index contributed by atoms with van der Waals surface area (Å²) in [6.07, 6.45) is 9.05. The van der Waals surface area contributed by atoms with E-state index in [-0.39, 0.29) is 11.8 Å². The average molecular weight is 516 g/mol. The van der Waals surface area contributed by atoms with Gasteiger partial charge in [0.05, 0.1) is 17.5 Å². The van der Waals surface area contributed by atoms with Crippen LogP contribution in [0.3, 0.4) is 0 Å². The fourth-order valence-electron chi connectivity index (χ4n) is 4.95. The number of hydrogen-bond acceptors (Lipinski definition) is 9. The zero-order chi connectivity index (χ0) is 25.4. The second kappa shape index (κ2) is 9.68. The number of aromatic nitrogens is 4. The summed E-state index contributed by atoms with van der Waals surface area (Å²) in [6, 6.07) is 13.6. The quantitative estimate of drug-likeness (QED) is 0.382. The maximum atomic E-state index is 12.0. The van der Waals surface area contributed by atoms with E-state index in [1.807, 2.05) is 48.7 Å². The van der Waals surface area contributed by atoms with E-state index in [1.54, 1.807) is 12.4 Å². The monoisotopic (exact) mass is 515 g/mol. The molecule has 0 spiro atoms. The van der Waals surface area contributed by atoms with Crippen molar-refractivity contribution in [3.05, 3.63) is 66.6 Å². The molecule has 9 nitrogen and oxygen atoms in total. The van der Waals surface area contributed by atoms with Gasteiger partial charge in [0.1, 0.15) is 21.5 Å². The van der Waals surface area contributed by atoms with Gasteiger partial charge < -0.3 is 15.5 Å². The number of rotatable bonds is 7. The number of fused-ring (bicyclic) bond motifs is 1. The summed E-state index contributed by atoms with van der Waals surface area (Å²) in [7, 11) is -3.11. The fraction of sp³-hybridized carbons (Fsp3) is 0.333. The molecule has 1 aliphatic carbocycles. The van der Waals surface area contributed by atoms with E-state index in [4.69, 9.17) is 9.97 Å². The number of piperazine rings is 1. The van der Waals surface area contributed by atoms with Crippen LogP contribution in [-0.2, 0) is 9.84 Å². The molecule has 1 atom stereocenters. The Morgan fingerprint density at radius 3 is 2.73 bits per heavy atom. The molecule has 2 fully saturated rings. The van der Waals surface area contributed by atoms with E-state index >= 15 is 0 Å². The Morgan fingerprint density at radius 1 is 1.11 bits per heavy atom. The highest BCUT2D eigenvalue weighted by atomic mass is 32.2.